The van der Waals surface area contributed by atoms with Crippen LogP contribution in [0, 0.1) is 13.8 Å². The fourth-order valence-corrected chi connectivity index (χ4v) is 5.30. The molecule has 5 nitrogen and oxygen atoms in total. The summed E-state index contributed by atoms with van der Waals surface area (Å²) in [5, 5.41) is 2.94. The number of rotatable bonds is 6. The summed E-state index contributed by atoms with van der Waals surface area (Å²) in [4.78, 5) is 13.1. The number of benzene rings is 3. The van der Waals surface area contributed by atoms with Crippen molar-refractivity contribution in [1.29, 1.82) is 0 Å². The predicted octanol–water partition coefficient (Wildman–Crippen LogP) is 5.54. The molecule has 0 spiro atoms. The van der Waals surface area contributed by atoms with Crippen LogP contribution in [0.2, 0.25) is 0 Å². The lowest BCUT2D eigenvalue weighted by Gasteiger charge is -2.17. The van der Waals surface area contributed by atoms with E-state index in [0.717, 1.165) is 34.0 Å². The Bertz CT molecular complexity index is 1230. The minimum Gasteiger partial charge on any atom is -0.325 e. The van der Waals surface area contributed by atoms with Gasteiger partial charge in [0.05, 0.1) is 16.0 Å². The summed E-state index contributed by atoms with van der Waals surface area (Å²) in [5.74, 6) is -0.0742. The predicted molar refractivity (Wildman–Crippen MR) is 127 cm³/mol. The van der Waals surface area contributed by atoms with E-state index in [-0.39, 0.29) is 10.8 Å². The fourth-order valence-electron chi connectivity index (χ4n) is 3.69. The third-order valence-electron chi connectivity index (χ3n) is 5.70. The van der Waals surface area contributed by atoms with Gasteiger partial charge in [0.2, 0.25) is 5.91 Å². The van der Waals surface area contributed by atoms with Gasteiger partial charge in [0.25, 0.3) is 10.0 Å². The Balaban J connectivity index is 1.50. The molecule has 3 aromatic rings. The Morgan fingerprint density at radius 1 is 0.935 bits per heavy atom. The highest BCUT2D eigenvalue weighted by molar-refractivity contribution is 9.10. The van der Waals surface area contributed by atoms with E-state index >= 15 is 0 Å². The van der Waals surface area contributed by atoms with Gasteiger partial charge in [-0.15, -0.1) is 0 Å². The van der Waals surface area contributed by atoms with Gasteiger partial charge in [-0.05, 0) is 79.8 Å². The zero-order valence-electron chi connectivity index (χ0n) is 17.3. The number of halogens is 1. The average molecular weight is 499 g/mol. The van der Waals surface area contributed by atoms with Gasteiger partial charge in [-0.3, -0.25) is 9.52 Å². The van der Waals surface area contributed by atoms with Crippen LogP contribution in [0.3, 0.4) is 0 Å². The minimum absolute atomic E-state index is 0.0742. The smallest absolute Gasteiger partial charge is 0.261 e. The van der Waals surface area contributed by atoms with E-state index in [1.54, 1.807) is 12.1 Å². The molecular formula is C24H23BrN2O3S. The molecule has 1 aliphatic carbocycles. The summed E-state index contributed by atoms with van der Waals surface area (Å²) in [6, 6.07) is 19.7. The molecule has 4 rings (SSSR count). The van der Waals surface area contributed by atoms with Gasteiger partial charge >= 0.3 is 0 Å². The van der Waals surface area contributed by atoms with Gasteiger partial charge in [-0.1, -0.05) is 46.3 Å². The lowest BCUT2D eigenvalue weighted by molar-refractivity contribution is -0.118. The molecule has 0 unspecified atom stereocenters. The molecule has 0 radical (unpaired) electrons. The third kappa shape index (κ3) is 4.38. The number of anilines is 2. The number of aryl methyl sites for hydroxylation is 2. The number of hydrogen-bond donors (Lipinski definition) is 2. The largest absolute Gasteiger partial charge is 0.325 e. The second-order valence-corrected chi connectivity index (χ2v) is 10.5. The van der Waals surface area contributed by atoms with Gasteiger partial charge in [-0.2, -0.15) is 0 Å². The van der Waals surface area contributed by atoms with Gasteiger partial charge in [0.15, 0.2) is 0 Å². The van der Waals surface area contributed by atoms with Crippen LogP contribution in [0.5, 0.6) is 0 Å². The SMILES string of the molecule is Cc1cccc(C)c1NS(=O)(=O)c1ccc(NC(=O)C2(c3cccc(Br)c3)CC2)cc1. The topological polar surface area (TPSA) is 75.3 Å². The van der Waals surface area contributed by atoms with Crippen molar-refractivity contribution in [3.63, 3.8) is 0 Å². The maximum Gasteiger partial charge on any atom is 0.261 e. The molecule has 0 aliphatic heterocycles. The van der Waals surface area contributed by atoms with Crippen LogP contribution in [0.4, 0.5) is 11.4 Å². The molecule has 1 amide bonds. The monoisotopic (exact) mass is 498 g/mol. The van der Waals surface area contributed by atoms with E-state index in [0.29, 0.717) is 11.4 Å². The number of carbonyl (C=O) groups is 1. The summed E-state index contributed by atoms with van der Waals surface area (Å²) < 4.78 is 29.3. The first-order chi connectivity index (χ1) is 14.7. The molecule has 0 atom stereocenters. The zero-order valence-corrected chi connectivity index (χ0v) is 19.7. The van der Waals surface area contributed by atoms with Gasteiger partial charge in [0, 0.05) is 10.2 Å². The van der Waals surface area contributed by atoms with Crippen molar-refractivity contribution in [3.8, 4) is 0 Å². The minimum atomic E-state index is -3.74. The molecule has 1 fully saturated rings. The summed E-state index contributed by atoms with van der Waals surface area (Å²) in [5.41, 5.74) is 3.33. The highest BCUT2D eigenvalue weighted by Gasteiger charge is 2.51. The molecule has 1 aliphatic rings. The Labute approximate surface area is 191 Å². The molecule has 0 heterocycles. The maximum absolute atomic E-state index is 12.9. The molecule has 1 saturated carbocycles. The van der Waals surface area contributed by atoms with Crippen molar-refractivity contribution in [1.82, 2.24) is 0 Å². The molecular weight excluding hydrogens is 476 g/mol. The normalized spacial score (nSPS) is 14.7. The van der Waals surface area contributed by atoms with E-state index < -0.39 is 15.4 Å². The first-order valence-corrected chi connectivity index (χ1v) is 12.3. The molecule has 3 aromatic carbocycles. The van der Waals surface area contributed by atoms with Crippen LogP contribution < -0.4 is 10.0 Å². The molecule has 160 valence electrons. The average Bonchev–Trinajstić information content (AvgIpc) is 3.54. The van der Waals surface area contributed by atoms with E-state index in [2.05, 4.69) is 26.0 Å². The lowest BCUT2D eigenvalue weighted by Crippen LogP contribution is -2.27. The Morgan fingerprint density at radius 2 is 1.55 bits per heavy atom. The van der Waals surface area contributed by atoms with Crippen LogP contribution in [0.15, 0.2) is 76.1 Å². The van der Waals surface area contributed by atoms with Crippen molar-refractivity contribution >= 4 is 43.2 Å². The van der Waals surface area contributed by atoms with E-state index in [1.165, 1.54) is 12.1 Å². The number of sulfonamides is 1. The highest BCUT2D eigenvalue weighted by Crippen LogP contribution is 2.49. The van der Waals surface area contributed by atoms with Crippen molar-refractivity contribution in [2.75, 3.05) is 10.0 Å². The van der Waals surface area contributed by atoms with E-state index in [9.17, 15) is 13.2 Å². The number of carbonyl (C=O) groups excluding carboxylic acids is 1. The maximum atomic E-state index is 12.9. The fraction of sp³-hybridized carbons (Fsp3) is 0.208. The van der Waals surface area contributed by atoms with Crippen molar-refractivity contribution in [2.45, 2.75) is 37.0 Å². The lowest BCUT2D eigenvalue weighted by atomic mass is 9.95. The first-order valence-electron chi connectivity index (χ1n) is 9.98. The molecule has 7 heteroatoms. The van der Waals surface area contributed by atoms with Crippen LogP contribution in [0.25, 0.3) is 0 Å². The Morgan fingerprint density at radius 3 is 2.13 bits per heavy atom. The van der Waals surface area contributed by atoms with Crippen LogP contribution in [-0.4, -0.2) is 14.3 Å². The standard InChI is InChI=1S/C24H23BrN2O3S/c1-16-5-3-6-17(2)22(16)27-31(29,30)21-11-9-20(10-12-21)26-23(28)24(13-14-24)18-7-4-8-19(25)15-18/h3-12,15,27H,13-14H2,1-2H3,(H,26,28). The Hall–Kier alpha value is -2.64. The molecule has 31 heavy (non-hydrogen) atoms. The van der Waals surface area contributed by atoms with Crippen molar-refractivity contribution in [3.05, 3.63) is 87.9 Å². The van der Waals surface area contributed by atoms with Crippen LogP contribution in [0.1, 0.15) is 29.5 Å². The third-order valence-corrected chi connectivity index (χ3v) is 7.56. The van der Waals surface area contributed by atoms with Crippen LogP contribution >= 0.6 is 15.9 Å². The van der Waals surface area contributed by atoms with Crippen LogP contribution in [-0.2, 0) is 20.2 Å². The second-order valence-electron chi connectivity index (χ2n) is 7.94. The van der Waals surface area contributed by atoms with Gasteiger partial charge in [0.1, 0.15) is 0 Å². The second kappa shape index (κ2) is 8.13. The summed E-state index contributed by atoms with van der Waals surface area (Å²) in [6.07, 6.45) is 1.59. The number of amides is 1. The molecule has 2 N–H and O–H groups in total. The summed E-state index contributed by atoms with van der Waals surface area (Å²) >= 11 is 3.46. The number of para-hydroxylation sites is 1. The van der Waals surface area contributed by atoms with E-state index in [1.807, 2.05) is 56.3 Å². The summed E-state index contributed by atoms with van der Waals surface area (Å²) in [6.45, 7) is 3.73. The van der Waals surface area contributed by atoms with Crippen molar-refractivity contribution in [2.24, 2.45) is 0 Å². The first kappa shape index (κ1) is 21.6. The van der Waals surface area contributed by atoms with E-state index in [4.69, 9.17) is 0 Å². The van der Waals surface area contributed by atoms with Gasteiger partial charge < -0.3 is 5.32 Å². The zero-order chi connectivity index (χ0) is 22.2. The summed E-state index contributed by atoms with van der Waals surface area (Å²) in [7, 11) is -3.74. The quantitative estimate of drug-likeness (QED) is 0.468. The van der Waals surface area contributed by atoms with Crippen molar-refractivity contribution < 1.29 is 13.2 Å². The molecule has 0 bridgehead atoms. The molecule has 0 saturated heterocycles. The highest BCUT2D eigenvalue weighted by atomic mass is 79.9. The number of hydrogen-bond acceptors (Lipinski definition) is 3. The number of nitrogens with one attached hydrogen (secondary N) is 2. The Kier molecular flexibility index (Phi) is 5.66. The van der Waals surface area contributed by atoms with Gasteiger partial charge in [-0.25, -0.2) is 8.42 Å². The molecule has 0 aromatic heterocycles.